The van der Waals surface area contributed by atoms with Crippen molar-refractivity contribution in [3.8, 4) is 5.75 Å². The second-order valence-corrected chi connectivity index (χ2v) is 6.33. The van der Waals surface area contributed by atoms with E-state index in [9.17, 15) is 13.6 Å². The van der Waals surface area contributed by atoms with E-state index in [0.29, 0.717) is 13.1 Å². The zero-order chi connectivity index (χ0) is 17.2. The molecule has 24 heavy (non-hydrogen) atoms. The summed E-state index contributed by atoms with van der Waals surface area (Å²) in [4.78, 5) is 16.3. The van der Waals surface area contributed by atoms with Crippen molar-refractivity contribution in [2.24, 2.45) is 0 Å². The van der Waals surface area contributed by atoms with Crippen LogP contribution in [0.2, 0.25) is 0 Å². The van der Waals surface area contributed by atoms with Crippen LogP contribution in [-0.2, 0) is 4.79 Å². The van der Waals surface area contributed by atoms with Gasteiger partial charge in [0.25, 0.3) is 5.92 Å². The highest BCUT2D eigenvalue weighted by atomic mass is 19.3. The summed E-state index contributed by atoms with van der Waals surface area (Å²) in [7, 11) is 1.62. The van der Waals surface area contributed by atoms with Crippen LogP contribution in [0.1, 0.15) is 12.8 Å². The maximum absolute atomic E-state index is 13.3. The summed E-state index contributed by atoms with van der Waals surface area (Å²) in [5, 5.41) is 3.21. The Kier molecular flexibility index (Phi) is 4.89. The van der Waals surface area contributed by atoms with Crippen molar-refractivity contribution >= 4 is 11.6 Å². The molecule has 0 unspecified atom stereocenters. The van der Waals surface area contributed by atoms with Crippen molar-refractivity contribution in [3.05, 3.63) is 24.3 Å². The molecule has 2 aliphatic heterocycles. The lowest BCUT2D eigenvalue weighted by Crippen LogP contribution is -2.59. The predicted molar refractivity (Wildman–Crippen MR) is 87.8 cm³/mol. The van der Waals surface area contributed by atoms with Crippen LogP contribution in [-0.4, -0.2) is 62.6 Å². The maximum atomic E-state index is 13.3. The summed E-state index contributed by atoms with van der Waals surface area (Å²) in [5.41, 5.74) is 1.03. The lowest BCUT2D eigenvalue weighted by molar-refractivity contribution is -0.139. The summed E-state index contributed by atoms with van der Waals surface area (Å²) < 4.78 is 31.7. The van der Waals surface area contributed by atoms with E-state index in [-0.39, 0.29) is 37.9 Å². The lowest BCUT2D eigenvalue weighted by Gasteiger charge is -2.39. The molecule has 0 saturated carbocycles. The number of likely N-dealkylation sites (tertiary alicyclic amines) is 1. The highest BCUT2D eigenvalue weighted by molar-refractivity contribution is 5.83. The molecule has 3 rings (SSSR count). The first-order valence-electron chi connectivity index (χ1n) is 8.27. The Labute approximate surface area is 140 Å². The molecule has 0 aromatic heterocycles. The Morgan fingerprint density at radius 3 is 2.50 bits per heavy atom. The summed E-state index contributed by atoms with van der Waals surface area (Å²) in [6.07, 6.45) is -0.485. The second-order valence-electron chi connectivity index (χ2n) is 6.33. The van der Waals surface area contributed by atoms with Crippen molar-refractivity contribution in [2.75, 3.05) is 44.7 Å². The molecule has 1 aromatic carbocycles. The van der Waals surface area contributed by atoms with Gasteiger partial charge in [-0.1, -0.05) is 0 Å². The molecule has 1 atom stereocenters. The van der Waals surface area contributed by atoms with Crippen molar-refractivity contribution in [3.63, 3.8) is 0 Å². The summed E-state index contributed by atoms with van der Waals surface area (Å²) in [5.74, 6) is -1.93. The summed E-state index contributed by atoms with van der Waals surface area (Å²) in [6, 6.07) is 7.36. The fourth-order valence-electron chi connectivity index (χ4n) is 3.22. The van der Waals surface area contributed by atoms with Crippen LogP contribution >= 0.6 is 0 Å². The SMILES string of the molecule is COc1ccc(N2CCN[C@H](C(=O)N3CCC(F)(F)CC3)C2)cc1. The summed E-state index contributed by atoms with van der Waals surface area (Å²) in [6.45, 7) is 2.29. The number of anilines is 1. The van der Waals surface area contributed by atoms with Crippen LogP contribution in [0.25, 0.3) is 0 Å². The van der Waals surface area contributed by atoms with Crippen molar-refractivity contribution < 1.29 is 18.3 Å². The lowest BCUT2D eigenvalue weighted by atomic mass is 10.0. The van der Waals surface area contributed by atoms with E-state index in [0.717, 1.165) is 18.0 Å². The molecule has 0 radical (unpaired) electrons. The van der Waals surface area contributed by atoms with Gasteiger partial charge >= 0.3 is 0 Å². The number of nitrogens with zero attached hydrogens (tertiary/aromatic N) is 2. The van der Waals surface area contributed by atoms with E-state index in [1.807, 2.05) is 24.3 Å². The zero-order valence-electron chi connectivity index (χ0n) is 13.8. The first kappa shape index (κ1) is 17.0. The van der Waals surface area contributed by atoms with Crippen LogP contribution in [0.5, 0.6) is 5.75 Å². The van der Waals surface area contributed by atoms with Gasteiger partial charge in [-0.3, -0.25) is 4.79 Å². The molecule has 5 nitrogen and oxygen atoms in total. The fraction of sp³-hybridized carbons (Fsp3) is 0.588. The van der Waals surface area contributed by atoms with E-state index >= 15 is 0 Å². The molecule has 0 bridgehead atoms. The van der Waals surface area contributed by atoms with E-state index < -0.39 is 5.92 Å². The molecule has 2 heterocycles. The Balaban J connectivity index is 1.61. The number of halogens is 2. The third-order valence-corrected chi connectivity index (χ3v) is 4.72. The molecule has 1 N–H and O–H groups in total. The van der Waals surface area contributed by atoms with Crippen LogP contribution in [0, 0.1) is 0 Å². The van der Waals surface area contributed by atoms with Crippen LogP contribution in [0.4, 0.5) is 14.5 Å². The minimum absolute atomic E-state index is 0.0799. The number of rotatable bonds is 3. The number of carbonyl (C=O) groups is 1. The van der Waals surface area contributed by atoms with Gasteiger partial charge in [0.05, 0.1) is 7.11 Å². The third-order valence-electron chi connectivity index (χ3n) is 4.72. The van der Waals surface area contributed by atoms with Crippen molar-refractivity contribution in [2.45, 2.75) is 24.8 Å². The van der Waals surface area contributed by atoms with Crippen molar-refractivity contribution in [1.29, 1.82) is 0 Å². The van der Waals surface area contributed by atoms with E-state index in [2.05, 4.69) is 10.2 Å². The minimum atomic E-state index is -2.63. The molecule has 2 fully saturated rings. The van der Waals surface area contributed by atoms with Gasteiger partial charge in [-0.15, -0.1) is 0 Å². The number of piperazine rings is 1. The molecule has 2 aliphatic rings. The van der Waals surface area contributed by atoms with Gasteiger partial charge in [0.1, 0.15) is 11.8 Å². The smallest absolute Gasteiger partial charge is 0.251 e. The molecule has 7 heteroatoms. The number of methoxy groups -OCH3 is 1. The number of nitrogens with one attached hydrogen (secondary N) is 1. The molecular weight excluding hydrogens is 316 g/mol. The number of ether oxygens (including phenoxy) is 1. The minimum Gasteiger partial charge on any atom is -0.497 e. The highest BCUT2D eigenvalue weighted by Crippen LogP contribution is 2.28. The Morgan fingerprint density at radius 2 is 1.88 bits per heavy atom. The van der Waals surface area contributed by atoms with Gasteiger partial charge in [-0.2, -0.15) is 0 Å². The third kappa shape index (κ3) is 3.77. The molecule has 0 spiro atoms. The maximum Gasteiger partial charge on any atom is 0.251 e. The van der Waals surface area contributed by atoms with Gasteiger partial charge in [-0.05, 0) is 24.3 Å². The van der Waals surface area contributed by atoms with E-state index in [1.54, 1.807) is 12.0 Å². The highest BCUT2D eigenvalue weighted by Gasteiger charge is 2.38. The number of benzene rings is 1. The first-order valence-corrected chi connectivity index (χ1v) is 8.27. The quantitative estimate of drug-likeness (QED) is 0.911. The van der Waals surface area contributed by atoms with Crippen molar-refractivity contribution in [1.82, 2.24) is 10.2 Å². The summed E-state index contributed by atoms with van der Waals surface area (Å²) >= 11 is 0. The normalized spacial score (nSPS) is 23.9. The van der Waals surface area contributed by atoms with Gasteiger partial charge in [0.15, 0.2) is 0 Å². The molecular formula is C17H23F2N3O2. The van der Waals surface area contributed by atoms with E-state index in [1.165, 1.54) is 0 Å². The molecule has 0 aliphatic carbocycles. The average Bonchev–Trinajstić information content (AvgIpc) is 2.61. The Hall–Kier alpha value is -1.89. The first-order chi connectivity index (χ1) is 11.5. The topological polar surface area (TPSA) is 44.8 Å². The number of carbonyl (C=O) groups excluding carboxylic acids is 1. The van der Waals surface area contributed by atoms with E-state index in [4.69, 9.17) is 4.74 Å². The molecule has 1 amide bonds. The number of alkyl halides is 2. The zero-order valence-corrected chi connectivity index (χ0v) is 13.8. The number of hydrogen-bond donors (Lipinski definition) is 1. The van der Waals surface area contributed by atoms with Gasteiger partial charge in [-0.25, -0.2) is 8.78 Å². The monoisotopic (exact) mass is 339 g/mol. The standard InChI is InChI=1S/C17H23F2N3O2/c1-24-14-4-2-13(3-5-14)22-11-8-20-15(12-22)16(23)21-9-6-17(18,19)7-10-21/h2-5,15,20H,6-12H2,1H3/t15-/m0/s1. The molecule has 2 saturated heterocycles. The van der Waals surface area contributed by atoms with Gasteiger partial charge in [0, 0.05) is 51.3 Å². The Morgan fingerprint density at radius 1 is 1.21 bits per heavy atom. The number of piperidine rings is 1. The van der Waals surface area contributed by atoms with Gasteiger partial charge in [0.2, 0.25) is 5.91 Å². The molecule has 1 aromatic rings. The van der Waals surface area contributed by atoms with Gasteiger partial charge < -0.3 is 19.9 Å². The largest absolute Gasteiger partial charge is 0.497 e. The average molecular weight is 339 g/mol. The Bertz CT molecular complexity index is 570. The number of hydrogen-bond acceptors (Lipinski definition) is 4. The molecule has 132 valence electrons. The van der Waals surface area contributed by atoms with Crippen LogP contribution in [0.15, 0.2) is 24.3 Å². The predicted octanol–water partition coefficient (Wildman–Crippen LogP) is 1.73. The van der Waals surface area contributed by atoms with Crippen LogP contribution < -0.4 is 15.0 Å². The number of amides is 1. The fourth-order valence-corrected chi connectivity index (χ4v) is 3.22. The van der Waals surface area contributed by atoms with Crippen LogP contribution in [0.3, 0.4) is 0 Å². The second kappa shape index (κ2) is 6.93.